The number of unbranched alkanes of at least 4 members (excludes halogenated alkanes) is 1. The zero-order chi connectivity index (χ0) is 20.5. The summed E-state index contributed by atoms with van der Waals surface area (Å²) in [5, 5.41) is 21.4. The van der Waals surface area contributed by atoms with E-state index in [1.54, 1.807) is 23.3 Å². The van der Waals surface area contributed by atoms with Crippen LogP contribution in [-0.4, -0.2) is 64.2 Å². The maximum Gasteiger partial charge on any atom is 0.280 e. The minimum atomic E-state index is -1.31. The quantitative estimate of drug-likeness (QED) is 0.380. The summed E-state index contributed by atoms with van der Waals surface area (Å²) >= 11 is 0. The molecule has 1 fully saturated rings. The summed E-state index contributed by atoms with van der Waals surface area (Å²) in [7, 11) is 0. The molecule has 156 valence electrons. The molecule has 0 aliphatic carbocycles. The Morgan fingerprint density at radius 3 is 2.93 bits per heavy atom. The van der Waals surface area contributed by atoms with Gasteiger partial charge in [-0.15, -0.1) is 0 Å². The molecule has 1 aliphatic rings. The van der Waals surface area contributed by atoms with E-state index in [0.29, 0.717) is 6.61 Å². The molecule has 3 aromatic rings. The number of aliphatic hydroxyl groups is 2. The van der Waals surface area contributed by atoms with E-state index in [4.69, 9.17) is 15.2 Å². The fourth-order valence-electron chi connectivity index (χ4n) is 3.40. The molecule has 0 aromatic carbocycles. The maximum absolute atomic E-state index is 12.0. The van der Waals surface area contributed by atoms with Crippen LogP contribution in [0.1, 0.15) is 32.2 Å². The van der Waals surface area contributed by atoms with Crippen molar-refractivity contribution in [2.24, 2.45) is 0 Å². The number of ether oxygens (including phenoxy) is 2. The van der Waals surface area contributed by atoms with Crippen LogP contribution in [0.2, 0.25) is 0 Å². The van der Waals surface area contributed by atoms with Crippen molar-refractivity contribution in [1.82, 2.24) is 29.1 Å². The highest BCUT2D eigenvalue weighted by molar-refractivity contribution is 5.70. The van der Waals surface area contributed by atoms with Gasteiger partial charge >= 0.3 is 0 Å². The van der Waals surface area contributed by atoms with Gasteiger partial charge in [-0.25, -0.2) is 9.97 Å². The molecule has 0 amide bonds. The predicted octanol–water partition coefficient (Wildman–Crippen LogP) is -0.467. The number of nitrogen functional groups attached to an aromatic ring is 1. The molecule has 0 bridgehead atoms. The molecule has 3 aromatic heterocycles. The van der Waals surface area contributed by atoms with Crippen molar-refractivity contribution in [3.05, 3.63) is 35.4 Å². The summed E-state index contributed by atoms with van der Waals surface area (Å²) in [6.07, 6.45) is 2.75. The number of imidazole rings is 2. The summed E-state index contributed by atoms with van der Waals surface area (Å²) in [6.45, 7) is 2.50. The van der Waals surface area contributed by atoms with Gasteiger partial charge in [0, 0.05) is 19.0 Å². The minimum absolute atomic E-state index is 0.0540. The lowest BCUT2D eigenvalue weighted by Crippen LogP contribution is -2.38. The van der Waals surface area contributed by atoms with Gasteiger partial charge in [-0.2, -0.15) is 4.98 Å². The number of rotatable bonds is 7. The molecule has 4 rings (SSSR count). The lowest BCUT2D eigenvalue weighted by Gasteiger charge is -2.26. The monoisotopic (exact) mass is 405 g/mol. The Kier molecular flexibility index (Phi) is 5.32. The molecule has 12 heteroatoms. The zero-order valence-corrected chi connectivity index (χ0v) is 15.8. The van der Waals surface area contributed by atoms with Gasteiger partial charge in [0.25, 0.3) is 5.56 Å². The molecular weight excluding hydrogens is 382 g/mol. The Bertz CT molecular complexity index is 1020. The second kappa shape index (κ2) is 7.91. The lowest BCUT2D eigenvalue weighted by molar-refractivity contribution is -0.138. The van der Waals surface area contributed by atoms with E-state index in [1.807, 2.05) is 6.92 Å². The molecule has 0 saturated carbocycles. The first-order valence-corrected chi connectivity index (χ1v) is 9.34. The predicted molar refractivity (Wildman–Crippen MR) is 101 cm³/mol. The Morgan fingerprint density at radius 2 is 2.21 bits per heavy atom. The average molecular weight is 405 g/mol. The number of aromatic amines is 1. The first-order chi connectivity index (χ1) is 14.0. The number of aliphatic hydroxyl groups excluding tert-OH is 2. The molecular formula is C17H23N7O5. The van der Waals surface area contributed by atoms with Crippen LogP contribution in [0.15, 0.2) is 29.8 Å². The molecule has 1 saturated heterocycles. The smallest absolute Gasteiger partial charge is 0.280 e. The highest BCUT2D eigenvalue weighted by atomic mass is 16.6. The Hall–Kier alpha value is -2.80. The van der Waals surface area contributed by atoms with Crippen molar-refractivity contribution >= 4 is 17.1 Å². The van der Waals surface area contributed by atoms with E-state index in [1.165, 1.54) is 10.9 Å². The van der Waals surface area contributed by atoms with Gasteiger partial charge in [-0.3, -0.25) is 14.3 Å². The van der Waals surface area contributed by atoms with Crippen LogP contribution in [0, 0.1) is 0 Å². The number of anilines is 1. The van der Waals surface area contributed by atoms with Crippen molar-refractivity contribution in [2.75, 3.05) is 12.3 Å². The third-order valence-corrected chi connectivity index (χ3v) is 4.89. The molecule has 5 atom stereocenters. The Labute approximate surface area is 164 Å². The van der Waals surface area contributed by atoms with E-state index < -0.39 is 36.3 Å². The molecule has 1 unspecified atom stereocenters. The number of nitrogens with two attached hydrogens (primary N) is 1. The molecule has 4 heterocycles. The van der Waals surface area contributed by atoms with E-state index in [-0.39, 0.29) is 17.1 Å². The normalized spacial score (nSPS) is 25.6. The zero-order valence-electron chi connectivity index (χ0n) is 15.8. The summed E-state index contributed by atoms with van der Waals surface area (Å²) in [4.78, 5) is 26.5. The fraction of sp³-hybridized carbons (Fsp3) is 0.529. The largest absolute Gasteiger partial charge is 0.387 e. The molecule has 1 aliphatic heterocycles. The molecule has 12 nitrogen and oxygen atoms in total. The number of H-pyrrole nitrogens is 1. The standard InChI is InChI=1S/C17H23N7O5/c1-2-3-6-28-16(23-5-4-19-7-23)12-10(25)11(26)15(29-12)24-8-20-9-13(24)21-17(18)22-14(9)27/h4-5,7-8,10-12,15-16,25-26H,2-3,6H2,1H3,(H3,18,21,22,27)/t10-,11+,12-,15+,16?/m0/s1. The molecule has 29 heavy (non-hydrogen) atoms. The van der Waals surface area contributed by atoms with Crippen LogP contribution < -0.4 is 11.3 Å². The van der Waals surface area contributed by atoms with Crippen LogP contribution >= 0.6 is 0 Å². The number of hydrogen-bond acceptors (Lipinski definition) is 9. The summed E-state index contributed by atoms with van der Waals surface area (Å²) in [5.41, 5.74) is 5.33. The van der Waals surface area contributed by atoms with Crippen molar-refractivity contribution in [3.8, 4) is 0 Å². The summed E-state index contributed by atoms with van der Waals surface area (Å²) < 4.78 is 15.0. The fourth-order valence-corrected chi connectivity index (χ4v) is 3.40. The van der Waals surface area contributed by atoms with Gasteiger partial charge in [-0.1, -0.05) is 13.3 Å². The van der Waals surface area contributed by atoms with Crippen LogP contribution in [-0.2, 0) is 9.47 Å². The Morgan fingerprint density at radius 1 is 1.38 bits per heavy atom. The second-order valence-corrected chi connectivity index (χ2v) is 6.87. The number of fused-ring (bicyclic) bond motifs is 1. The van der Waals surface area contributed by atoms with E-state index >= 15 is 0 Å². The number of nitrogens with zero attached hydrogens (tertiary/aromatic N) is 5. The van der Waals surface area contributed by atoms with Gasteiger partial charge in [0.15, 0.2) is 23.6 Å². The highest BCUT2D eigenvalue weighted by Crippen LogP contribution is 2.36. The molecule has 0 spiro atoms. The van der Waals surface area contributed by atoms with Crippen molar-refractivity contribution in [2.45, 2.75) is 50.5 Å². The summed E-state index contributed by atoms with van der Waals surface area (Å²) in [6, 6.07) is 0. The third kappa shape index (κ3) is 3.51. The highest BCUT2D eigenvalue weighted by Gasteiger charge is 2.48. The van der Waals surface area contributed by atoms with Crippen LogP contribution in [0.4, 0.5) is 5.95 Å². The van der Waals surface area contributed by atoms with Crippen LogP contribution in [0.3, 0.4) is 0 Å². The Balaban J connectivity index is 1.66. The first-order valence-electron chi connectivity index (χ1n) is 9.34. The van der Waals surface area contributed by atoms with Crippen molar-refractivity contribution in [3.63, 3.8) is 0 Å². The van der Waals surface area contributed by atoms with Gasteiger partial charge in [0.05, 0.1) is 12.7 Å². The topological polar surface area (TPSA) is 166 Å². The first kappa shape index (κ1) is 19.5. The van der Waals surface area contributed by atoms with Crippen LogP contribution in [0.25, 0.3) is 11.2 Å². The van der Waals surface area contributed by atoms with Crippen LogP contribution in [0.5, 0.6) is 0 Å². The minimum Gasteiger partial charge on any atom is -0.387 e. The van der Waals surface area contributed by atoms with E-state index in [9.17, 15) is 15.0 Å². The third-order valence-electron chi connectivity index (χ3n) is 4.89. The van der Waals surface area contributed by atoms with Gasteiger partial charge in [0.1, 0.15) is 18.3 Å². The maximum atomic E-state index is 12.0. The SMILES string of the molecule is CCCCOC([C@H]1O[C@@H](n2cnc3c(=O)[nH]c(N)nc32)[C@H](O)[C@@H]1O)n1ccnc1. The molecule has 0 radical (unpaired) electrons. The van der Waals surface area contributed by atoms with Crippen molar-refractivity contribution < 1.29 is 19.7 Å². The van der Waals surface area contributed by atoms with E-state index in [2.05, 4.69) is 19.9 Å². The molecule has 5 N–H and O–H groups in total. The average Bonchev–Trinajstić information content (AvgIpc) is 3.41. The second-order valence-electron chi connectivity index (χ2n) is 6.87. The number of aromatic nitrogens is 6. The van der Waals surface area contributed by atoms with Gasteiger partial charge < -0.3 is 30.0 Å². The van der Waals surface area contributed by atoms with Gasteiger partial charge in [-0.05, 0) is 6.42 Å². The van der Waals surface area contributed by atoms with E-state index in [0.717, 1.165) is 12.8 Å². The number of hydrogen-bond donors (Lipinski definition) is 4. The lowest BCUT2D eigenvalue weighted by atomic mass is 10.1. The van der Waals surface area contributed by atoms with Gasteiger partial charge in [0.2, 0.25) is 5.95 Å². The summed E-state index contributed by atoms with van der Waals surface area (Å²) in [5.74, 6) is -0.0898. The number of nitrogens with one attached hydrogen (secondary N) is 1. The van der Waals surface area contributed by atoms with Crippen molar-refractivity contribution in [1.29, 1.82) is 0 Å².